The average molecular weight is 401 g/mol. The summed E-state index contributed by atoms with van der Waals surface area (Å²) in [6.45, 7) is 3.01. The van der Waals surface area contributed by atoms with Gasteiger partial charge in [-0.2, -0.15) is 9.61 Å². The lowest BCUT2D eigenvalue weighted by atomic mass is 10.1. The highest BCUT2D eigenvalue weighted by Gasteiger charge is 2.11. The molecule has 0 atom stereocenters. The van der Waals surface area contributed by atoms with E-state index in [2.05, 4.69) is 20.6 Å². The normalized spacial score (nSPS) is 10.8. The predicted octanol–water partition coefficient (Wildman–Crippen LogP) is 3.44. The van der Waals surface area contributed by atoms with Crippen LogP contribution in [0.5, 0.6) is 5.75 Å². The summed E-state index contributed by atoms with van der Waals surface area (Å²) in [7, 11) is 0. The topological polar surface area (TPSA) is 81.4 Å². The number of nitrogens with one attached hydrogen (secondary N) is 1. The number of aromatic nitrogens is 4. The molecule has 0 aliphatic rings. The van der Waals surface area contributed by atoms with Crippen LogP contribution in [-0.2, 0) is 17.8 Å². The highest BCUT2D eigenvalue weighted by atomic mass is 16.5. The number of hydrogen-bond acceptors (Lipinski definition) is 5. The van der Waals surface area contributed by atoms with Gasteiger partial charge in [0, 0.05) is 24.9 Å². The molecule has 4 aromatic rings. The van der Waals surface area contributed by atoms with E-state index in [0.29, 0.717) is 37.5 Å². The summed E-state index contributed by atoms with van der Waals surface area (Å²) < 4.78 is 7.20. The van der Waals surface area contributed by atoms with Gasteiger partial charge in [-0.05, 0) is 36.8 Å². The van der Waals surface area contributed by atoms with Crippen molar-refractivity contribution in [3.8, 4) is 17.0 Å². The van der Waals surface area contributed by atoms with Crippen molar-refractivity contribution in [3.63, 3.8) is 0 Å². The molecule has 1 N–H and O–H groups in total. The third kappa shape index (κ3) is 4.63. The van der Waals surface area contributed by atoms with Gasteiger partial charge < -0.3 is 10.1 Å². The Morgan fingerprint density at radius 1 is 1.03 bits per heavy atom. The smallest absolute Gasteiger partial charge is 0.220 e. The molecule has 152 valence electrons. The maximum absolute atomic E-state index is 12.3. The number of nitrogens with zero attached hydrogens (tertiary/aromatic N) is 4. The molecule has 0 saturated heterocycles. The van der Waals surface area contributed by atoms with Gasteiger partial charge in [0.25, 0.3) is 0 Å². The van der Waals surface area contributed by atoms with Crippen LogP contribution < -0.4 is 10.1 Å². The standard InChI is InChI=1S/C23H23N5O2/c1-2-30-19-10-6-7-17(15-19)16-24-23(29)14-13-22-26-25-21-12-11-20(27-28(21)22)18-8-4-3-5-9-18/h3-12,15H,2,13-14,16H2,1H3,(H,24,29). The first-order valence-electron chi connectivity index (χ1n) is 9.98. The summed E-state index contributed by atoms with van der Waals surface area (Å²) in [5, 5.41) is 16.0. The molecule has 2 aromatic carbocycles. The molecule has 4 rings (SSSR count). The van der Waals surface area contributed by atoms with Gasteiger partial charge >= 0.3 is 0 Å². The Kier molecular flexibility index (Phi) is 5.98. The molecule has 2 heterocycles. The molecule has 30 heavy (non-hydrogen) atoms. The van der Waals surface area contributed by atoms with E-state index in [1.165, 1.54) is 0 Å². The molecule has 2 aromatic heterocycles. The maximum Gasteiger partial charge on any atom is 0.220 e. The minimum atomic E-state index is -0.0484. The van der Waals surface area contributed by atoms with Crippen LogP contribution >= 0.6 is 0 Å². The Morgan fingerprint density at radius 2 is 1.90 bits per heavy atom. The quantitative estimate of drug-likeness (QED) is 0.489. The first kappa shape index (κ1) is 19.6. The first-order valence-corrected chi connectivity index (χ1v) is 9.98. The molecular weight excluding hydrogens is 378 g/mol. The van der Waals surface area contributed by atoms with Gasteiger partial charge in [0.2, 0.25) is 5.91 Å². The van der Waals surface area contributed by atoms with Crippen LogP contribution in [0.2, 0.25) is 0 Å². The third-order valence-electron chi connectivity index (χ3n) is 4.67. The number of benzene rings is 2. The van der Waals surface area contributed by atoms with Crippen molar-refractivity contribution in [2.45, 2.75) is 26.3 Å². The molecule has 0 bridgehead atoms. The molecule has 0 unspecified atom stereocenters. The SMILES string of the molecule is CCOc1cccc(CNC(=O)CCc2nnc3ccc(-c4ccccc4)nn23)c1. The van der Waals surface area contributed by atoms with E-state index in [1.807, 2.05) is 73.7 Å². The van der Waals surface area contributed by atoms with Crippen LogP contribution in [0.4, 0.5) is 0 Å². The fourth-order valence-corrected chi connectivity index (χ4v) is 3.18. The zero-order valence-electron chi connectivity index (χ0n) is 16.8. The lowest BCUT2D eigenvalue weighted by Crippen LogP contribution is -2.23. The van der Waals surface area contributed by atoms with Crippen LogP contribution in [0.3, 0.4) is 0 Å². The monoisotopic (exact) mass is 401 g/mol. The summed E-state index contributed by atoms with van der Waals surface area (Å²) in [5.41, 5.74) is 3.52. The Bertz CT molecular complexity index is 1140. The molecule has 0 spiro atoms. The van der Waals surface area contributed by atoms with Crippen molar-refractivity contribution < 1.29 is 9.53 Å². The number of ether oxygens (including phenoxy) is 1. The van der Waals surface area contributed by atoms with Crippen LogP contribution in [0.15, 0.2) is 66.7 Å². The molecule has 0 radical (unpaired) electrons. The van der Waals surface area contributed by atoms with Gasteiger partial charge in [-0.1, -0.05) is 42.5 Å². The zero-order valence-corrected chi connectivity index (χ0v) is 16.8. The summed E-state index contributed by atoms with van der Waals surface area (Å²) in [4.78, 5) is 12.3. The van der Waals surface area contributed by atoms with E-state index >= 15 is 0 Å². The fraction of sp³-hybridized carbons (Fsp3) is 0.217. The van der Waals surface area contributed by atoms with Crippen LogP contribution in [0, 0.1) is 0 Å². The highest BCUT2D eigenvalue weighted by molar-refractivity contribution is 5.76. The second kappa shape index (κ2) is 9.17. The van der Waals surface area contributed by atoms with Crippen LogP contribution in [0.25, 0.3) is 16.9 Å². The van der Waals surface area contributed by atoms with Gasteiger partial charge in [0.15, 0.2) is 11.5 Å². The molecule has 0 fully saturated rings. The summed E-state index contributed by atoms with van der Waals surface area (Å²) in [5.74, 6) is 1.42. The number of carbonyl (C=O) groups excluding carboxylic acids is 1. The minimum absolute atomic E-state index is 0.0484. The number of hydrogen-bond donors (Lipinski definition) is 1. The third-order valence-corrected chi connectivity index (χ3v) is 4.67. The van der Waals surface area contributed by atoms with Crippen LogP contribution in [-0.4, -0.2) is 32.3 Å². The van der Waals surface area contributed by atoms with Crippen molar-refractivity contribution >= 4 is 11.6 Å². The van der Waals surface area contributed by atoms with Crippen molar-refractivity contribution in [1.29, 1.82) is 0 Å². The summed E-state index contributed by atoms with van der Waals surface area (Å²) in [6.07, 6.45) is 0.764. The minimum Gasteiger partial charge on any atom is -0.494 e. The lowest BCUT2D eigenvalue weighted by molar-refractivity contribution is -0.121. The van der Waals surface area contributed by atoms with E-state index in [0.717, 1.165) is 22.6 Å². The molecule has 0 aliphatic carbocycles. The maximum atomic E-state index is 12.3. The van der Waals surface area contributed by atoms with Crippen LogP contribution in [0.1, 0.15) is 24.7 Å². The Hall–Kier alpha value is -3.74. The van der Waals surface area contributed by atoms with Crippen molar-refractivity contribution in [2.75, 3.05) is 6.61 Å². The Labute approximate surface area is 174 Å². The first-order chi connectivity index (χ1) is 14.7. The van der Waals surface area contributed by atoms with E-state index in [9.17, 15) is 4.79 Å². The van der Waals surface area contributed by atoms with Gasteiger partial charge in [-0.15, -0.1) is 10.2 Å². The summed E-state index contributed by atoms with van der Waals surface area (Å²) in [6, 6.07) is 21.5. The van der Waals surface area contributed by atoms with Crippen molar-refractivity contribution in [2.24, 2.45) is 0 Å². The molecule has 0 saturated carbocycles. The number of fused-ring (bicyclic) bond motifs is 1. The highest BCUT2D eigenvalue weighted by Crippen LogP contribution is 2.17. The molecule has 0 aliphatic heterocycles. The molecule has 1 amide bonds. The molecule has 7 heteroatoms. The van der Waals surface area contributed by atoms with E-state index in [-0.39, 0.29) is 5.91 Å². The van der Waals surface area contributed by atoms with E-state index < -0.39 is 0 Å². The van der Waals surface area contributed by atoms with E-state index in [4.69, 9.17) is 4.74 Å². The number of rotatable bonds is 8. The second-order valence-corrected chi connectivity index (χ2v) is 6.83. The van der Waals surface area contributed by atoms with Crippen molar-refractivity contribution in [3.05, 3.63) is 78.1 Å². The Balaban J connectivity index is 1.38. The molecule has 7 nitrogen and oxygen atoms in total. The number of aryl methyl sites for hydroxylation is 1. The zero-order chi connectivity index (χ0) is 20.8. The average Bonchev–Trinajstić information content (AvgIpc) is 3.19. The van der Waals surface area contributed by atoms with Crippen molar-refractivity contribution in [1.82, 2.24) is 25.1 Å². The van der Waals surface area contributed by atoms with Gasteiger partial charge in [-0.25, -0.2) is 0 Å². The molecular formula is C23H23N5O2. The predicted molar refractivity (Wildman–Crippen MR) is 114 cm³/mol. The van der Waals surface area contributed by atoms with Gasteiger partial charge in [-0.3, -0.25) is 4.79 Å². The largest absolute Gasteiger partial charge is 0.494 e. The summed E-state index contributed by atoms with van der Waals surface area (Å²) >= 11 is 0. The Morgan fingerprint density at radius 3 is 2.73 bits per heavy atom. The van der Waals surface area contributed by atoms with Gasteiger partial charge in [0.05, 0.1) is 12.3 Å². The number of carbonyl (C=O) groups is 1. The van der Waals surface area contributed by atoms with Gasteiger partial charge in [0.1, 0.15) is 5.75 Å². The lowest BCUT2D eigenvalue weighted by Gasteiger charge is -2.08. The fourth-order valence-electron chi connectivity index (χ4n) is 3.18. The second-order valence-electron chi connectivity index (χ2n) is 6.83. The van der Waals surface area contributed by atoms with E-state index in [1.54, 1.807) is 4.52 Å². The number of amides is 1.